The normalized spacial score (nSPS) is 9.14. The minimum Gasteiger partial charge on any atom is -0.307 e. The van der Waals surface area contributed by atoms with Gasteiger partial charge in [-0.15, -0.1) is 12.4 Å². The van der Waals surface area contributed by atoms with Gasteiger partial charge in [0, 0.05) is 30.2 Å². The minimum atomic E-state index is -0.151. The van der Waals surface area contributed by atoms with Crippen molar-refractivity contribution in [2.75, 3.05) is 0 Å². The zero-order valence-corrected chi connectivity index (χ0v) is 7.99. The minimum absolute atomic E-state index is 0. The molecule has 4 nitrogen and oxygen atoms in total. The van der Waals surface area contributed by atoms with Crippen molar-refractivity contribution in [3.05, 3.63) is 47.1 Å². The highest BCUT2D eigenvalue weighted by Gasteiger charge is 1.97. The Hall–Kier alpha value is -1.68. The highest BCUT2D eigenvalue weighted by atomic mass is 35.5. The molecule has 0 bridgehead atoms. The molecule has 0 aromatic carbocycles. The molecular formula is C9H8ClN3O. The predicted octanol–water partition coefficient (Wildman–Crippen LogP) is 1.25. The van der Waals surface area contributed by atoms with Gasteiger partial charge in [-0.1, -0.05) is 0 Å². The van der Waals surface area contributed by atoms with Gasteiger partial charge in [0.05, 0.1) is 0 Å². The van der Waals surface area contributed by atoms with Crippen LogP contribution in [-0.4, -0.2) is 15.0 Å². The lowest BCUT2D eigenvalue weighted by atomic mass is 10.2. The Labute approximate surface area is 86.5 Å². The molecule has 2 heterocycles. The molecule has 5 heteroatoms. The number of hydrogen-bond donors (Lipinski definition) is 1. The Morgan fingerprint density at radius 2 is 1.79 bits per heavy atom. The third kappa shape index (κ3) is 2.17. The monoisotopic (exact) mass is 209 g/mol. The van der Waals surface area contributed by atoms with Crippen molar-refractivity contribution in [3.63, 3.8) is 0 Å². The summed E-state index contributed by atoms with van der Waals surface area (Å²) in [6.07, 6.45) is 4.79. The molecule has 72 valence electrons. The van der Waals surface area contributed by atoms with Gasteiger partial charge in [0.1, 0.15) is 5.82 Å². The topological polar surface area (TPSA) is 58.6 Å². The lowest BCUT2D eigenvalue weighted by Crippen LogP contribution is -2.05. The fourth-order valence-electron chi connectivity index (χ4n) is 1.03. The molecule has 0 fully saturated rings. The van der Waals surface area contributed by atoms with E-state index in [4.69, 9.17) is 0 Å². The number of nitrogens with zero attached hydrogens (tertiary/aromatic N) is 2. The van der Waals surface area contributed by atoms with Gasteiger partial charge in [-0.2, -0.15) is 0 Å². The number of H-pyrrole nitrogens is 1. The van der Waals surface area contributed by atoms with Crippen molar-refractivity contribution in [3.8, 4) is 11.4 Å². The summed E-state index contributed by atoms with van der Waals surface area (Å²) < 4.78 is 0. The molecule has 0 saturated heterocycles. The Bertz CT molecular complexity index is 455. The first-order valence-electron chi connectivity index (χ1n) is 3.82. The van der Waals surface area contributed by atoms with Crippen LogP contribution in [0.5, 0.6) is 0 Å². The second kappa shape index (κ2) is 4.53. The highest BCUT2D eigenvalue weighted by molar-refractivity contribution is 5.85. The van der Waals surface area contributed by atoms with Crippen molar-refractivity contribution in [1.29, 1.82) is 0 Å². The molecule has 1 N–H and O–H groups in total. The van der Waals surface area contributed by atoms with Crippen LogP contribution in [-0.2, 0) is 0 Å². The number of hydrogen-bond acceptors (Lipinski definition) is 3. The van der Waals surface area contributed by atoms with Crippen LogP contribution in [0.1, 0.15) is 0 Å². The molecule has 0 aliphatic heterocycles. The van der Waals surface area contributed by atoms with E-state index in [0.29, 0.717) is 5.82 Å². The summed E-state index contributed by atoms with van der Waals surface area (Å²) in [4.78, 5) is 21.5. The third-order valence-corrected chi connectivity index (χ3v) is 1.62. The molecule has 0 unspecified atom stereocenters. The number of halogens is 1. The Morgan fingerprint density at radius 3 is 2.43 bits per heavy atom. The second-order valence-corrected chi connectivity index (χ2v) is 2.52. The summed E-state index contributed by atoms with van der Waals surface area (Å²) in [5, 5.41) is 0. The molecule has 0 atom stereocenters. The van der Waals surface area contributed by atoms with Gasteiger partial charge in [0.15, 0.2) is 0 Å². The largest absolute Gasteiger partial charge is 0.307 e. The summed E-state index contributed by atoms with van der Waals surface area (Å²) in [7, 11) is 0. The van der Waals surface area contributed by atoms with Crippen molar-refractivity contribution in [2.24, 2.45) is 0 Å². The zero-order valence-electron chi connectivity index (χ0n) is 7.18. The smallest absolute Gasteiger partial charge is 0.251 e. The van der Waals surface area contributed by atoms with Crippen molar-refractivity contribution >= 4 is 12.4 Å². The molecule has 0 amide bonds. The van der Waals surface area contributed by atoms with Gasteiger partial charge < -0.3 is 4.98 Å². The van der Waals surface area contributed by atoms with E-state index in [1.165, 1.54) is 12.3 Å². The van der Waals surface area contributed by atoms with E-state index in [1.54, 1.807) is 24.5 Å². The van der Waals surface area contributed by atoms with Crippen molar-refractivity contribution in [1.82, 2.24) is 15.0 Å². The highest BCUT2D eigenvalue weighted by Crippen LogP contribution is 2.09. The first kappa shape index (κ1) is 10.4. The molecule has 0 aliphatic carbocycles. The average molecular weight is 210 g/mol. The van der Waals surface area contributed by atoms with Crippen LogP contribution in [0.15, 0.2) is 41.6 Å². The van der Waals surface area contributed by atoms with Crippen molar-refractivity contribution < 1.29 is 0 Å². The van der Waals surface area contributed by atoms with Gasteiger partial charge in [-0.3, -0.25) is 9.78 Å². The molecule has 14 heavy (non-hydrogen) atoms. The molecule has 0 aliphatic rings. The molecule has 2 rings (SSSR count). The van der Waals surface area contributed by atoms with Crippen LogP contribution in [0.2, 0.25) is 0 Å². The van der Waals surface area contributed by atoms with Crippen LogP contribution in [0, 0.1) is 0 Å². The fraction of sp³-hybridized carbons (Fsp3) is 0. The van der Waals surface area contributed by atoms with Crippen molar-refractivity contribution in [2.45, 2.75) is 0 Å². The van der Waals surface area contributed by atoms with E-state index < -0.39 is 0 Å². The maximum absolute atomic E-state index is 11.0. The molecule has 2 aromatic heterocycles. The average Bonchev–Trinajstić information content (AvgIpc) is 2.19. The van der Waals surface area contributed by atoms with Crippen LogP contribution in [0.25, 0.3) is 11.4 Å². The Balaban J connectivity index is 0.000000980. The summed E-state index contributed by atoms with van der Waals surface area (Å²) in [6, 6.07) is 4.96. The Morgan fingerprint density at radius 1 is 1.07 bits per heavy atom. The molecule has 0 radical (unpaired) electrons. The molecule has 0 saturated carbocycles. The zero-order chi connectivity index (χ0) is 9.10. The quantitative estimate of drug-likeness (QED) is 0.769. The van der Waals surface area contributed by atoms with E-state index in [2.05, 4.69) is 15.0 Å². The van der Waals surface area contributed by atoms with Gasteiger partial charge in [0.25, 0.3) is 5.56 Å². The van der Waals surface area contributed by atoms with Gasteiger partial charge >= 0.3 is 0 Å². The first-order chi connectivity index (χ1) is 6.36. The molecule has 0 spiro atoms. The van der Waals surface area contributed by atoms with E-state index in [0.717, 1.165) is 5.56 Å². The van der Waals surface area contributed by atoms with Crippen LogP contribution in [0.4, 0.5) is 0 Å². The SMILES string of the molecule is Cl.O=c1ccnc(-c2ccncc2)[nH]1. The maximum Gasteiger partial charge on any atom is 0.251 e. The first-order valence-corrected chi connectivity index (χ1v) is 3.82. The lowest BCUT2D eigenvalue weighted by Gasteiger charge is -1.97. The summed E-state index contributed by atoms with van der Waals surface area (Å²) in [5.41, 5.74) is 0.703. The standard InChI is InChI=1S/C9H7N3O.ClH/c13-8-3-6-11-9(12-8)7-1-4-10-5-2-7;/h1-6H,(H,11,12,13);1H. The van der Waals surface area contributed by atoms with E-state index >= 15 is 0 Å². The number of aromatic amines is 1. The number of aromatic nitrogens is 3. The molecular weight excluding hydrogens is 202 g/mol. The second-order valence-electron chi connectivity index (χ2n) is 2.52. The number of pyridine rings is 1. The summed E-state index contributed by atoms with van der Waals surface area (Å²) >= 11 is 0. The summed E-state index contributed by atoms with van der Waals surface area (Å²) in [5.74, 6) is 0.565. The van der Waals surface area contributed by atoms with Crippen LogP contribution in [0.3, 0.4) is 0 Å². The van der Waals surface area contributed by atoms with E-state index in [9.17, 15) is 4.79 Å². The van der Waals surface area contributed by atoms with E-state index in [-0.39, 0.29) is 18.0 Å². The third-order valence-electron chi connectivity index (χ3n) is 1.62. The fourth-order valence-corrected chi connectivity index (χ4v) is 1.03. The molecule has 2 aromatic rings. The van der Waals surface area contributed by atoms with Gasteiger partial charge in [-0.05, 0) is 12.1 Å². The van der Waals surface area contributed by atoms with Gasteiger partial charge in [0.2, 0.25) is 0 Å². The van der Waals surface area contributed by atoms with Crippen LogP contribution < -0.4 is 5.56 Å². The summed E-state index contributed by atoms with van der Waals surface area (Å²) in [6.45, 7) is 0. The Kier molecular flexibility index (Phi) is 3.36. The van der Waals surface area contributed by atoms with Gasteiger partial charge in [-0.25, -0.2) is 4.98 Å². The lowest BCUT2D eigenvalue weighted by molar-refractivity contribution is 1.12. The number of rotatable bonds is 1. The predicted molar refractivity (Wildman–Crippen MR) is 55.3 cm³/mol. The maximum atomic E-state index is 11.0. The van der Waals surface area contributed by atoms with Crippen LogP contribution >= 0.6 is 12.4 Å². The number of nitrogens with one attached hydrogen (secondary N) is 1. The van der Waals surface area contributed by atoms with E-state index in [1.807, 2.05) is 0 Å².